The molecule has 0 unspecified atom stereocenters. The highest BCUT2D eigenvalue weighted by atomic mass is 16.1. The molecule has 1 heterocycles. The van der Waals surface area contributed by atoms with Gasteiger partial charge in [0, 0.05) is 6.20 Å². The smallest absolute Gasteiger partial charge is 0.257 e. The summed E-state index contributed by atoms with van der Waals surface area (Å²) in [5, 5.41) is 10.6. The van der Waals surface area contributed by atoms with E-state index in [1.807, 2.05) is 0 Å². The molecule has 6 heteroatoms. The molecule has 0 aliphatic rings. The maximum Gasteiger partial charge on any atom is 0.257 e. The Kier molecular flexibility index (Phi) is 2.97. The minimum atomic E-state index is -0.441. The van der Waals surface area contributed by atoms with Crippen LogP contribution >= 0.6 is 0 Å². The second-order valence-electron chi connectivity index (χ2n) is 2.56. The Balaban J connectivity index is 2.86. The third-order valence-corrected chi connectivity index (χ3v) is 1.51. The monoisotopic (exact) mass is 191 g/mol. The lowest BCUT2D eigenvalue weighted by Crippen LogP contribution is -2.25. The molecule has 0 atom stereocenters. The molecular formula is C8H9N5O. The second-order valence-corrected chi connectivity index (χ2v) is 2.56. The molecule has 6 nitrogen and oxygen atoms in total. The van der Waals surface area contributed by atoms with E-state index in [0.29, 0.717) is 5.82 Å². The van der Waals surface area contributed by atoms with Crippen LogP contribution in [-0.2, 0) is 0 Å². The Hall–Kier alpha value is -2.16. The summed E-state index contributed by atoms with van der Waals surface area (Å²) in [6.45, 7) is 1.61. The highest BCUT2D eigenvalue weighted by Gasteiger charge is 2.10. The second kappa shape index (κ2) is 4.18. The van der Waals surface area contributed by atoms with Gasteiger partial charge in [0.05, 0.1) is 11.6 Å². The van der Waals surface area contributed by atoms with Gasteiger partial charge in [0.1, 0.15) is 18.2 Å². The highest BCUT2D eigenvalue weighted by molar-refractivity contribution is 5.98. The van der Waals surface area contributed by atoms with Crippen LogP contribution in [0.2, 0.25) is 0 Å². The summed E-state index contributed by atoms with van der Waals surface area (Å²) in [4.78, 5) is 19.0. The molecule has 1 rings (SSSR count). The number of aromatic nitrogens is 2. The minimum Gasteiger partial charge on any atom is -0.383 e. The molecular weight excluding hydrogens is 182 g/mol. The molecule has 0 aliphatic carbocycles. The number of nitriles is 1. The number of carbonyl (C=O) groups excluding carboxylic acids is 1. The van der Waals surface area contributed by atoms with Crippen LogP contribution in [0.5, 0.6) is 0 Å². The zero-order valence-corrected chi connectivity index (χ0v) is 7.61. The number of anilines is 1. The van der Waals surface area contributed by atoms with Crippen LogP contribution in [-0.4, -0.2) is 22.4 Å². The summed E-state index contributed by atoms with van der Waals surface area (Å²) < 4.78 is 0. The van der Waals surface area contributed by atoms with Gasteiger partial charge in [-0.05, 0) is 6.92 Å². The summed E-state index contributed by atoms with van der Waals surface area (Å²) >= 11 is 0. The third-order valence-electron chi connectivity index (χ3n) is 1.51. The number of hydrogen-bond donors (Lipinski definition) is 2. The van der Waals surface area contributed by atoms with Crippen LogP contribution in [0, 0.1) is 18.3 Å². The molecule has 3 N–H and O–H groups in total. The molecule has 0 saturated carbocycles. The number of nitrogens with two attached hydrogens (primary N) is 1. The van der Waals surface area contributed by atoms with Gasteiger partial charge < -0.3 is 11.1 Å². The first-order chi connectivity index (χ1) is 6.65. The van der Waals surface area contributed by atoms with E-state index in [4.69, 9.17) is 11.0 Å². The standard InChI is InChI=1S/C8H9N5O/c1-5-12-4-6(7(10)13-5)8(14)11-3-2-9/h4H,3H2,1H3,(H,11,14)(H2,10,12,13). The van der Waals surface area contributed by atoms with Crippen molar-refractivity contribution in [2.45, 2.75) is 6.92 Å². The van der Waals surface area contributed by atoms with E-state index in [2.05, 4.69) is 15.3 Å². The average Bonchev–Trinajstić information content (AvgIpc) is 2.14. The number of nitrogen functional groups attached to an aromatic ring is 1. The topological polar surface area (TPSA) is 105 Å². The zero-order valence-electron chi connectivity index (χ0n) is 7.61. The van der Waals surface area contributed by atoms with Crippen LogP contribution in [0.15, 0.2) is 6.20 Å². The molecule has 14 heavy (non-hydrogen) atoms. The van der Waals surface area contributed by atoms with Crippen molar-refractivity contribution in [3.05, 3.63) is 17.6 Å². The van der Waals surface area contributed by atoms with Gasteiger partial charge in [-0.3, -0.25) is 4.79 Å². The SMILES string of the molecule is Cc1ncc(C(=O)NCC#N)c(N)n1. The largest absolute Gasteiger partial charge is 0.383 e. The van der Waals surface area contributed by atoms with Crippen molar-refractivity contribution in [2.24, 2.45) is 0 Å². The molecule has 0 bridgehead atoms. The lowest BCUT2D eigenvalue weighted by Gasteiger charge is -2.03. The predicted molar refractivity (Wildman–Crippen MR) is 49.1 cm³/mol. The summed E-state index contributed by atoms with van der Waals surface area (Å²) in [6.07, 6.45) is 1.34. The maximum atomic E-state index is 11.3. The molecule has 1 amide bonds. The number of nitrogens with one attached hydrogen (secondary N) is 1. The Labute approximate surface area is 80.8 Å². The number of aryl methyl sites for hydroxylation is 1. The van der Waals surface area contributed by atoms with Gasteiger partial charge in [0.15, 0.2) is 0 Å². The summed E-state index contributed by atoms with van der Waals surface area (Å²) in [5.74, 6) is 0.177. The Morgan fingerprint density at radius 2 is 2.50 bits per heavy atom. The van der Waals surface area contributed by atoms with Crippen LogP contribution in [0.4, 0.5) is 5.82 Å². The van der Waals surface area contributed by atoms with Gasteiger partial charge >= 0.3 is 0 Å². The van der Waals surface area contributed by atoms with E-state index >= 15 is 0 Å². The minimum absolute atomic E-state index is 0.0633. The number of nitrogens with zero attached hydrogens (tertiary/aromatic N) is 3. The molecule has 0 aliphatic heterocycles. The number of hydrogen-bond acceptors (Lipinski definition) is 5. The quantitative estimate of drug-likeness (QED) is 0.620. The first-order valence-electron chi connectivity index (χ1n) is 3.89. The van der Waals surface area contributed by atoms with Crippen LogP contribution < -0.4 is 11.1 Å². The fourth-order valence-electron chi connectivity index (χ4n) is 0.877. The van der Waals surface area contributed by atoms with Crippen molar-refractivity contribution in [1.82, 2.24) is 15.3 Å². The number of rotatable bonds is 2. The average molecular weight is 191 g/mol. The van der Waals surface area contributed by atoms with Gasteiger partial charge in [0.2, 0.25) is 0 Å². The van der Waals surface area contributed by atoms with E-state index in [0.717, 1.165) is 0 Å². The maximum absolute atomic E-state index is 11.3. The zero-order chi connectivity index (χ0) is 10.6. The van der Waals surface area contributed by atoms with Crippen molar-refractivity contribution in [3.8, 4) is 6.07 Å². The van der Waals surface area contributed by atoms with E-state index in [-0.39, 0.29) is 17.9 Å². The molecule has 1 aromatic heterocycles. The molecule has 72 valence electrons. The lowest BCUT2D eigenvalue weighted by atomic mass is 10.3. The first-order valence-corrected chi connectivity index (χ1v) is 3.89. The van der Waals surface area contributed by atoms with Crippen molar-refractivity contribution >= 4 is 11.7 Å². The van der Waals surface area contributed by atoms with E-state index in [9.17, 15) is 4.79 Å². The molecule has 0 spiro atoms. The highest BCUT2D eigenvalue weighted by Crippen LogP contribution is 2.06. The fourth-order valence-corrected chi connectivity index (χ4v) is 0.877. The molecule has 0 radical (unpaired) electrons. The third kappa shape index (κ3) is 2.17. The van der Waals surface area contributed by atoms with Gasteiger partial charge in [-0.1, -0.05) is 0 Å². The van der Waals surface area contributed by atoms with Gasteiger partial charge in [-0.15, -0.1) is 0 Å². The number of carbonyl (C=O) groups is 1. The fraction of sp³-hybridized carbons (Fsp3) is 0.250. The van der Waals surface area contributed by atoms with Crippen LogP contribution in [0.3, 0.4) is 0 Å². The predicted octanol–water partition coefficient (Wildman–Crippen LogP) is -0.379. The van der Waals surface area contributed by atoms with Crippen molar-refractivity contribution in [2.75, 3.05) is 12.3 Å². The van der Waals surface area contributed by atoms with E-state index < -0.39 is 5.91 Å². The van der Waals surface area contributed by atoms with Gasteiger partial charge in [0.25, 0.3) is 5.91 Å². The van der Waals surface area contributed by atoms with Crippen molar-refractivity contribution < 1.29 is 4.79 Å². The Morgan fingerprint density at radius 1 is 1.79 bits per heavy atom. The molecule has 0 fully saturated rings. The van der Waals surface area contributed by atoms with E-state index in [1.165, 1.54) is 6.20 Å². The van der Waals surface area contributed by atoms with Crippen molar-refractivity contribution in [3.63, 3.8) is 0 Å². The number of amides is 1. The van der Waals surface area contributed by atoms with Gasteiger partial charge in [-0.2, -0.15) is 5.26 Å². The Morgan fingerprint density at radius 3 is 3.07 bits per heavy atom. The summed E-state index contributed by atoms with van der Waals surface area (Å²) in [6, 6.07) is 1.79. The van der Waals surface area contributed by atoms with Crippen molar-refractivity contribution in [1.29, 1.82) is 5.26 Å². The van der Waals surface area contributed by atoms with Gasteiger partial charge in [-0.25, -0.2) is 9.97 Å². The Bertz CT molecular complexity index is 395. The summed E-state index contributed by atoms with van der Waals surface area (Å²) in [7, 11) is 0. The molecule has 0 aromatic carbocycles. The first kappa shape index (κ1) is 9.92. The molecule has 0 saturated heterocycles. The van der Waals surface area contributed by atoms with E-state index in [1.54, 1.807) is 13.0 Å². The normalized spacial score (nSPS) is 9.14. The van der Waals surface area contributed by atoms with Crippen LogP contribution in [0.1, 0.15) is 16.2 Å². The summed E-state index contributed by atoms with van der Waals surface area (Å²) in [5.41, 5.74) is 5.69. The lowest BCUT2D eigenvalue weighted by molar-refractivity contribution is 0.0958. The van der Waals surface area contributed by atoms with Crippen LogP contribution in [0.25, 0.3) is 0 Å². The molecule has 1 aromatic rings.